The van der Waals surface area contributed by atoms with Crippen molar-refractivity contribution < 1.29 is 0 Å². The summed E-state index contributed by atoms with van der Waals surface area (Å²) in [5.74, 6) is 0.969. The third kappa shape index (κ3) is 1.70. The maximum atomic E-state index is 5.44. The van der Waals surface area contributed by atoms with E-state index in [0.717, 1.165) is 25.0 Å². The lowest BCUT2D eigenvalue weighted by Gasteiger charge is -2.14. The molecule has 0 saturated heterocycles. The predicted molar refractivity (Wildman–Crippen MR) is 43.9 cm³/mol. The molecule has 0 bridgehead atoms. The molecule has 60 valence electrons. The van der Waals surface area contributed by atoms with Gasteiger partial charge in [0.15, 0.2) is 0 Å². The van der Waals surface area contributed by atoms with E-state index in [-0.39, 0.29) is 0 Å². The molecular formula is C8H18N2. The topological polar surface area (TPSA) is 29.3 Å². The van der Waals surface area contributed by atoms with Crippen molar-refractivity contribution in [3.05, 3.63) is 0 Å². The summed E-state index contributed by atoms with van der Waals surface area (Å²) in [5, 5.41) is 0. The molecule has 0 radical (unpaired) electrons. The highest BCUT2D eigenvalue weighted by molar-refractivity contribution is 4.92. The highest BCUT2D eigenvalue weighted by Crippen LogP contribution is 2.36. The van der Waals surface area contributed by atoms with E-state index < -0.39 is 0 Å². The van der Waals surface area contributed by atoms with E-state index >= 15 is 0 Å². The Morgan fingerprint density at radius 1 is 1.60 bits per heavy atom. The molecular weight excluding hydrogens is 124 g/mol. The molecule has 0 heterocycles. The maximum Gasteiger partial charge on any atom is 0.0125 e. The Morgan fingerprint density at radius 3 is 2.70 bits per heavy atom. The minimum absolute atomic E-state index is 0.795. The van der Waals surface area contributed by atoms with Gasteiger partial charge in [-0.2, -0.15) is 0 Å². The van der Waals surface area contributed by atoms with Gasteiger partial charge in [0.05, 0.1) is 0 Å². The first-order valence-corrected chi connectivity index (χ1v) is 4.20. The minimum Gasteiger partial charge on any atom is -0.329 e. The highest BCUT2D eigenvalue weighted by Gasteiger charge is 2.37. The lowest BCUT2D eigenvalue weighted by Crippen LogP contribution is -2.28. The average Bonchev–Trinajstić information content (AvgIpc) is 2.66. The molecule has 1 aliphatic carbocycles. The van der Waals surface area contributed by atoms with Gasteiger partial charge < -0.3 is 10.6 Å². The molecule has 2 unspecified atom stereocenters. The van der Waals surface area contributed by atoms with Crippen LogP contribution < -0.4 is 5.73 Å². The molecule has 0 amide bonds. The van der Waals surface area contributed by atoms with Crippen LogP contribution in [0.3, 0.4) is 0 Å². The Balaban J connectivity index is 2.12. The summed E-state index contributed by atoms with van der Waals surface area (Å²) in [6.45, 7) is 4.12. The molecule has 0 aromatic heterocycles. The SMILES string of the molecule is CCC1CC1N(C)CCN. The summed E-state index contributed by atoms with van der Waals surface area (Å²) in [5.41, 5.74) is 5.44. The summed E-state index contributed by atoms with van der Waals surface area (Å²) < 4.78 is 0. The molecule has 0 aromatic carbocycles. The van der Waals surface area contributed by atoms with E-state index in [0.29, 0.717) is 0 Å². The summed E-state index contributed by atoms with van der Waals surface area (Å²) in [6.07, 6.45) is 2.73. The standard InChI is InChI=1S/C8H18N2/c1-3-7-6-8(7)10(2)5-4-9/h7-8H,3-6,9H2,1-2H3. The number of nitrogens with two attached hydrogens (primary N) is 1. The zero-order valence-corrected chi connectivity index (χ0v) is 7.01. The van der Waals surface area contributed by atoms with Crippen molar-refractivity contribution in [1.29, 1.82) is 0 Å². The number of rotatable bonds is 4. The van der Waals surface area contributed by atoms with Gasteiger partial charge in [0.2, 0.25) is 0 Å². The molecule has 1 aliphatic rings. The van der Waals surface area contributed by atoms with E-state index in [1.165, 1.54) is 12.8 Å². The molecule has 0 spiro atoms. The fourth-order valence-corrected chi connectivity index (χ4v) is 1.58. The number of hydrogen-bond donors (Lipinski definition) is 1. The van der Waals surface area contributed by atoms with Gasteiger partial charge in [-0.3, -0.25) is 0 Å². The Morgan fingerprint density at radius 2 is 2.30 bits per heavy atom. The molecule has 0 aromatic rings. The smallest absolute Gasteiger partial charge is 0.0125 e. The van der Waals surface area contributed by atoms with Crippen molar-refractivity contribution >= 4 is 0 Å². The zero-order valence-electron chi connectivity index (χ0n) is 7.01. The Kier molecular flexibility index (Phi) is 2.69. The van der Waals surface area contributed by atoms with E-state index in [4.69, 9.17) is 5.73 Å². The molecule has 2 atom stereocenters. The first-order valence-electron chi connectivity index (χ1n) is 4.20. The fourth-order valence-electron chi connectivity index (χ4n) is 1.58. The number of hydrogen-bond acceptors (Lipinski definition) is 2. The molecule has 2 nitrogen and oxygen atoms in total. The second-order valence-electron chi connectivity index (χ2n) is 3.24. The number of likely N-dealkylation sites (N-methyl/N-ethyl adjacent to an activating group) is 1. The van der Waals surface area contributed by atoms with Crippen molar-refractivity contribution in [2.24, 2.45) is 11.7 Å². The molecule has 2 heteroatoms. The Bertz CT molecular complexity index is 103. The number of nitrogens with zero attached hydrogens (tertiary/aromatic N) is 1. The van der Waals surface area contributed by atoms with Crippen molar-refractivity contribution in [1.82, 2.24) is 4.90 Å². The third-order valence-electron chi connectivity index (χ3n) is 2.46. The van der Waals surface area contributed by atoms with Gasteiger partial charge in [-0.05, 0) is 19.4 Å². The van der Waals surface area contributed by atoms with Gasteiger partial charge in [0.25, 0.3) is 0 Å². The van der Waals surface area contributed by atoms with Crippen LogP contribution in [0.5, 0.6) is 0 Å². The summed E-state index contributed by atoms with van der Waals surface area (Å²) in [4.78, 5) is 2.38. The fraction of sp³-hybridized carbons (Fsp3) is 1.00. The Labute approximate surface area is 63.4 Å². The van der Waals surface area contributed by atoms with Crippen LogP contribution in [0.1, 0.15) is 19.8 Å². The predicted octanol–water partition coefficient (Wildman–Crippen LogP) is 0.675. The molecule has 2 N–H and O–H groups in total. The van der Waals surface area contributed by atoms with Crippen LogP contribution in [-0.4, -0.2) is 31.1 Å². The molecule has 0 aliphatic heterocycles. The van der Waals surface area contributed by atoms with Crippen LogP contribution in [-0.2, 0) is 0 Å². The van der Waals surface area contributed by atoms with Crippen molar-refractivity contribution in [2.75, 3.05) is 20.1 Å². The van der Waals surface area contributed by atoms with Gasteiger partial charge in [0.1, 0.15) is 0 Å². The van der Waals surface area contributed by atoms with E-state index in [2.05, 4.69) is 18.9 Å². The highest BCUT2D eigenvalue weighted by atomic mass is 15.2. The summed E-state index contributed by atoms with van der Waals surface area (Å²) >= 11 is 0. The monoisotopic (exact) mass is 142 g/mol. The Hall–Kier alpha value is -0.0800. The average molecular weight is 142 g/mol. The molecule has 1 fully saturated rings. The maximum absolute atomic E-state index is 5.44. The summed E-state index contributed by atoms with van der Waals surface area (Å²) in [7, 11) is 2.17. The lowest BCUT2D eigenvalue weighted by molar-refractivity contribution is 0.316. The normalized spacial score (nSPS) is 31.2. The minimum atomic E-state index is 0.795. The van der Waals surface area contributed by atoms with Crippen LogP contribution in [0, 0.1) is 5.92 Å². The lowest BCUT2D eigenvalue weighted by atomic mass is 10.3. The van der Waals surface area contributed by atoms with Gasteiger partial charge in [-0.25, -0.2) is 0 Å². The second kappa shape index (κ2) is 3.35. The van der Waals surface area contributed by atoms with E-state index in [1.807, 2.05) is 0 Å². The molecule has 1 saturated carbocycles. The van der Waals surface area contributed by atoms with Crippen molar-refractivity contribution in [3.8, 4) is 0 Å². The van der Waals surface area contributed by atoms with Crippen LogP contribution in [0.2, 0.25) is 0 Å². The van der Waals surface area contributed by atoms with E-state index in [9.17, 15) is 0 Å². The van der Waals surface area contributed by atoms with Crippen LogP contribution in [0.15, 0.2) is 0 Å². The zero-order chi connectivity index (χ0) is 7.56. The van der Waals surface area contributed by atoms with Gasteiger partial charge in [0, 0.05) is 19.1 Å². The third-order valence-corrected chi connectivity index (χ3v) is 2.46. The molecule has 1 rings (SSSR count). The van der Waals surface area contributed by atoms with E-state index in [1.54, 1.807) is 0 Å². The first kappa shape index (κ1) is 8.02. The quantitative estimate of drug-likeness (QED) is 0.625. The van der Waals surface area contributed by atoms with Gasteiger partial charge >= 0.3 is 0 Å². The molecule has 10 heavy (non-hydrogen) atoms. The van der Waals surface area contributed by atoms with Crippen molar-refractivity contribution in [2.45, 2.75) is 25.8 Å². The van der Waals surface area contributed by atoms with Crippen LogP contribution in [0.4, 0.5) is 0 Å². The van der Waals surface area contributed by atoms with Crippen LogP contribution >= 0.6 is 0 Å². The summed E-state index contributed by atoms with van der Waals surface area (Å²) in [6, 6.07) is 0.855. The van der Waals surface area contributed by atoms with Gasteiger partial charge in [-0.15, -0.1) is 0 Å². The van der Waals surface area contributed by atoms with Crippen molar-refractivity contribution in [3.63, 3.8) is 0 Å². The van der Waals surface area contributed by atoms with Crippen LogP contribution in [0.25, 0.3) is 0 Å². The second-order valence-corrected chi connectivity index (χ2v) is 3.24. The largest absolute Gasteiger partial charge is 0.329 e. The first-order chi connectivity index (χ1) is 4.79. The van der Waals surface area contributed by atoms with Gasteiger partial charge in [-0.1, -0.05) is 13.3 Å².